The van der Waals surface area contributed by atoms with Crippen molar-refractivity contribution in [1.29, 1.82) is 0 Å². The van der Waals surface area contributed by atoms with E-state index in [9.17, 15) is 0 Å². The van der Waals surface area contributed by atoms with Crippen LogP contribution in [0.1, 0.15) is 18.5 Å². The van der Waals surface area contributed by atoms with E-state index in [-0.39, 0.29) is 6.10 Å². The summed E-state index contributed by atoms with van der Waals surface area (Å²) in [6.45, 7) is 6.02. The van der Waals surface area contributed by atoms with Gasteiger partial charge in [0.15, 0.2) is 5.95 Å². The molecular weight excluding hydrogens is 216 g/mol. The molecule has 2 saturated heterocycles. The van der Waals surface area contributed by atoms with Crippen LogP contribution >= 0.6 is 0 Å². The number of nitrogens with one attached hydrogen (secondary N) is 2. The second kappa shape index (κ2) is 4.66. The first-order valence-electron chi connectivity index (χ1n) is 6.42. The van der Waals surface area contributed by atoms with Gasteiger partial charge in [0.2, 0.25) is 0 Å². The number of imidazole rings is 1. The summed E-state index contributed by atoms with van der Waals surface area (Å²) in [6, 6.07) is 0.678. The average molecular weight is 236 g/mol. The van der Waals surface area contributed by atoms with Crippen LogP contribution in [-0.2, 0) is 4.74 Å². The minimum absolute atomic E-state index is 0.287. The average Bonchev–Trinajstić information content (AvgIpc) is 2.94. The quantitative estimate of drug-likeness (QED) is 0.822. The van der Waals surface area contributed by atoms with Crippen molar-refractivity contribution in [3.8, 4) is 0 Å². The van der Waals surface area contributed by atoms with Crippen LogP contribution in [0.3, 0.4) is 0 Å². The van der Waals surface area contributed by atoms with Gasteiger partial charge in [-0.15, -0.1) is 0 Å². The molecule has 3 heterocycles. The summed E-state index contributed by atoms with van der Waals surface area (Å²) < 4.78 is 5.87. The molecule has 2 N–H and O–H groups in total. The molecule has 0 aliphatic carbocycles. The van der Waals surface area contributed by atoms with Gasteiger partial charge in [0.1, 0.15) is 0 Å². The van der Waals surface area contributed by atoms with Crippen LogP contribution in [0.15, 0.2) is 6.20 Å². The second-order valence-corrected chi connectivity index (χ2v) is 5.04. The van der Waals surface area contributed by atoms with Gasteiger partial charge < -0.3 is 15.0 Å². The molecule has 2 aliphatic heterocycles. The lowest BCUT2D eigenvalue weighted by molar-refractivity contribution is -0.0416. The van der Waals surface area contributed by atoms with E-state index in [4.69, 9.17) is 4.74 Å². The van der Waals surface area contributed by atoms with Gasteiger partial charge in [-0.1, -0.05) is 0 Å². The highest BCUT2D eigenvalue weighted by molar-refractivity contribution is 5.25. The Morgan fingerprint density at radius 1 is 1.65 bits per heavy atom. The van der Waals surface area contributed by atoms with Crippen molar-refractivity contribution in [3.63, 3.8) is 0 Å². The third-order valence-corrected chi connectivity index (χ3v) is 3.66. The number of morpholine rings is 1. The molecule has 1 aromatic rings. The molecule has 2 atom stereocenters. The number of fused-ring (bicyclic) bond motifs is 1. The summed E-state index contributed by atoms with van der Waals surface area (Å²) in [6.07, 6.45) is 4.75. The highest BCUT2D eigenvalue weighted by Gasteiger charge is 2.31. The summed E-state index contributed by atoms with van der Waals surface area (Å²) in [5.74, 6) is 0.842. The topological polar surface area (TPSA) is 53.2 Å². The summed E-state index contributed by atoms with van der Waals surface area (Å²) in [5.41, 5.74) is 1.08. The summed E-state index contributed by atoms with van der Waals surface area (Å²) in [5, 5.41) is 3.30. The molecule has 0 bridgehead atoms. The summed E-state index contributed by atoms with van der Waals surface area (Å²) in [4.78, 5) is 9.96. The number of rotatable bonds is 3. The maximum atomic E-state index is 5.87. The molecule has 0 amide bonds. The molecule has 2 aliphatic rings. The SMILES string of the molecule is Cc1cnc(NCC2CN3CCCC3CO2)[nH]1. The van der Waals surface area contributed by atoms with Crippen LogP contribution in [0, 0.1) is 6.92 Å². The zero-order valence-corrected chi connectivity index (χ0v) is 10.3. The predicted molar refractivity (Wildman–Crippen MR) is 66.1 cm³/mol. The Hall–Kier alpha value is -1.07. The number of aryl methyl sites for hydroxylation is 1. The zero-order valence-electron chi connectivity index (χ0n) is 10.3. The van der Waals surface area contributed by atoms with Gasteiger partial charge in [0, 0.05) is 31.0 Å². The van der Waals surface area contributed by atoms with Crippen LogP contribution in [0.5, 0.6) is 0 Å². The van der Waals surface area contributed by atoms with Gasteiger partial charge in [-0.2, -0.15) is 0 Å². The van der Waals surface area contributed by atoms with Gasteiger partial charge in [0.25, 0.3) is 0 Å². The van der Waals surface area contributed by atoms with Crippen molar-refractivity contribution in [2.75, 3.05) is 31.6 Å². The van der Waals surface area contributed by atoms with E-state index >= 15 is 0 Å². The summed E-state index contributed by atoms with van der Waals surface area (Å²) in [7, 11) is 0. The van der Waals surface area contributed by atoms with Crippen LogP contribution in [-0.4, -0.2) is 53.3 Å². The third kappa shape index (κ3) is 2.45. The van der Waals surface area contributed by atoms with Crippen molar-refractivity contribution in [2.45, 2.75) is 31.9 Å². The minimum Gasteiger partial charge on any atom is -0.373 e. The first-order chi connectivity index (χ1) is 8.31. The normalized spacial score (nSPS) is 29.2. The van der Waals surface area contributed by atoms with E-state index in [1.165, 1.54) is 19.4 Å². The van der Waals surface area contributed by atoms with Gasteiger partial charge in [-0.05, 0) is 26.3 Å². The van der Waals surface area contributed by atoms with E-state index in [2.05, 4.69) is 20.2 Å². The van der Waals surface area contributed by atoms with Gasteiger partial charge in [-0.3, -0.25) is 4.90 Å². The predicted octanol–water partition coefficient (Wildman–Crippen LogP) is 0.993. The Morgan fingerprint density at radius 3 is 3.41 bits per heavy atom. The van der Waals surface area contributed by atoms with E-state index in [0.717, 1.165) is 31.3 Å². The molecule has 1 aromatic heterocycles. The van der Waals surface area contributed by atoms with Gasteiger partial charge >= 0.3 is 0 Å². The zero-order chi connectivity index (χ0) is 11.7. The second-order valence-electron chi connectivity index (χ2n) is 5.04. The molecule has 0 spiro atoms. The lowest BCUT2D eigenvalue weighted by Crippen LogP contribution is -2.48. The number of nitrogens with zero attached hydrogens (tertiary/aromatic N) is 2. The molecule has 94 valence electrons. The number of aromatic nitrogens is 2. The third-order valence-electron chi connectivity index (χ3n) is 3.66. The molecule has 5 heteroatoms. The van der Waals surface area contributed by atoms with Crippen molar-refractivity contribution >= 4 is 5.95 Å². The molecule has 2 fully saturated rings. The standard InChI is InChI=1S/C12H20N4O/c1-9-5-13-12(15-9)14-6-11-7-16-4-2-3-10(16)8-17-11/h5,10-11H,2-4,6-8H2,1H3,(H2,13,14,15). The first-order valence-corrected chi connectivity index (χ1v) is 6.42. The van der Waals surface area contributed by atoms with Crippen molar-refractivity contribution < 1.29 is 4.74 Å². The molecule has 0 radical (unpaired) electrons. The van der Waals surface area contributed by atoms with E-state index in [0.29, 0.717) is 6.04 Å². The fourth-order valence-corrected chi connectivity index (χ4v) is 2.72. The highest BCUT2D eigenvalue weighted by Crippen LogP contribution is 2.22. The molecular formula is C12H20N4O. The van der Waals surface area contributed by atoms with E-state index < -0.39 is 0 Å². The maximum absolute atomic E-state index is 5.87. The Balaban J connectivity index is 1.49. The number of ether oxygens (including phenoxy) is 1. The van der Waals surface area contributed by atoms with Crippen LogP contribution < -0.4 is 5.32 Å². The van der Waals surface area contributed by atoms with E-state index in [1.807, 2.05) is 13.1 Å². The number of hydrogen-bond acceptors (Lipinski definition) is 4. The smallest absolute Gasteiger partial charge is 0.200 e. The van der Waals surface area contributed by atoms with Crippen molar-refractivity contribution in [3.05, 3.63) is 11.9 Å². The van der Waals surface area contributed by atoms with Crippen molar-refractivity contribution in [2.24, 2.45) is 0 Å². The Bertz CT molecular complexity index is 378. The fraction of sp³-hybridized carbons (Fsp3) is 0.750. The summed E-state index contributed by atoms with van der Waals surface area (Å²) >= 11 is 0. The monoisotopic (exact) mass is 236 g/mol. The van der Waals surface area contributed by atoms with Crippen LogP contribution in [0.4, 0.5) is 5.95 Å². The molecule has 0 aromatic carbocycles. The van der Waals surface area contributed by atoms with Crippen molar-refractivity contribution in [1.82, 2.24) is 14.9 Å². The molecule has 17 heavy (non-hydrogen) atoms. The number of anilines is 1. The maximum Gasteiger partial charge on any atom is 0.200 e. The van der Waals surface area contributed by atoms with Gasteiger partial charge in [0.05, 0.1) is 12.7 Å². The van der Waals surface area contributed by atoms with Crippen LogP contribution in [0.25, 0.3) is 0 Å². The Kier molecular flexibility index (Phi) is 3.03. The molecule has 3 rings (SSSR count). The largest absolute Gasteiger partial charge is 0.373 e. The molecule has 0 saturated carbocycles. The fourth-order valence-electron chi connectivity index (χ4n) is 2.72. The first kappa shape index (κ1) is 11.0. The Morgan fingerprint density at radius 2 is 2.59 bits per heavy atom. The number of aromatic amines is 1. The molecule has 5 nitrogen and oxygen atoms in total. The lowest BCUT2D eigenvalue weighted by atomic mass is 10.2. The minimum atomic E-state index is 0.287. The van der Waals surface area contributed by atoms with E-state index in [1.54, 1.807) is 0 Å². The lowest BCUT2D eigenvalue weighted by Gasteiger charge is -2.35. The van der Waals surface area contributed by atoms with Crippen LogP contribution in [0.2, 0.25) is 0 Å². The number of H-pyrrole nitrogens is 1. The highest BCUT2D eigenvalue weighted by atomic mass is 16.5. The van der Waals surface area contributed by atoms with Gasteiger partial charge in [-0.25, -0.2) is 4.98 Å². The molecule has 2 unspecified atom stereocenters. The number of hydrogen-bond donors (Lipinski definition) is 2. The Labute approximate surface area is 102 Å².